The highest BCUT2D eigenvalue weighted by atomic mass is 79.9. The van der Waals surface area contributed by atoms with Gasteiger partial charge in [-0.3, -0.25) is 0 Å². The second-order valence-corrected chi connectivity index (χ2v) is 4.12. The Balaban J connectivity index is 2.36. The first kappa shape index (κ1) is 12.5. The Kier molecular flexibility index (Phi) is 6.44. The fourth-order valence-corrected chi connectivity index (χ4v) is 1.67. The lowest BCUT2D eigenvalue weighted by Gasteiger charge is -2.07. The number of alkyl halides is 1. The summed E-state index contributed by atoms with van der Waals surface area (Å²) in [5.41, 5.74) is 1.15. The Bertz CT molecular complexity index is 276. The zero-order valence-electron chi connectivity index (χ0n) is 9.04. The molecule has 0 heterocycles. The van der Waals surface area contributed by atoms with Crippen LogP contribution >= 0.6 is 15.9 Å². The topological polar surface area (TPSA) is 18.5 Å². The Morgan fingerprint density at radius 2 is 2.13 bits per heavy atom. The number of unbranched alkanes of at least 4 members (excludes halogenated alkanes) is 1. The van der Waals surface area contributed by atoms with Crippen molar-refractivity contribution in [1.29, 1.82) is 0 Å². The van der Waals surface area contributed by atoms with E-state index in [-0.39, 0.29) is 0 Å². The summed E-state index contributed by atoms with van der Waals surface area (Å²) in [5, 5.41) is 1.04. The summed E-state index contributed by atoms with van der Waals surface area (Å²) in [6, 6.07) is 8.04. The van der Waals surface area contributed by atoms with Gasteiger partial charge in [0.15, 0.2) is 0 Å². The highest BCUT2D eigenvalue weighted by Crippen LogP contribution is 2.14. The molecule has 1 aromatic rings. The van der Waals surface area contributed by atoms with Crippen molar-refractivity contribution < 1.29 is 9.47 Å². The maximum Gasteiger partial charge on any atom is 0.119 e. The first-order chi connectivity index (χ1) is 7.36. The third-order valence-electron chi connectivity index (χ3n) is 2.01. The van der Waals surface area contributed by atoms with E-state index in [2.05, 4.69) is 15.9 Å². The minimum Gasteiger partial charge on any atom is -0.494 e. The highest BCUT2D eigenvalue weighted by molar-refractivity contribution is 9.09. The van der Waals surface area contributed by atoms with Crippen LogP contribution < -0.4 is 4.74 Å². The van der Waals surface area contributed by atoms with Gasteiger partial charge in [-0.1, -0.05) is 28.1 Å². The molecule has 0 aromatic heterocycles. The number of hydrogen-bond acceptors (Lipinski definition) is 2. The number of benzene rings is 1. The van der Waals surface area contributed by atoms with Crippen molar-refractivity contribution >= 4 is 15.9 Å². The summed E-state index contributed by atoms with van der Waals surface area (Å²) < 4.78 is 10.7. The molecule has 0 atom stereocenters. The van der Waals surface area contributed by atoms with E-state index in [4.69, 9.17) is 9.47 Å². The lowest BCUT2D eigenvalue weighted by Crippen LogP contribution is -1.98. The number of methoxy groups -OCH3 is 1. The standard InChI is InChI=1S/C12H17BrO2/c1-14-10-11-5-4-6-12(9-11)15-8-3-2-7-13/h4-6,9H,2-3,7-8,10H2,1H3. The fourth-order valence-electron chi connectivity index (χ4n) is 1.28. The van der Waals surface area contributed by atoms with Crippen LogP contribution in [0.3, 0.4) is 0 Å². The maximum absolute atomic E-state index is 5.62. The maximum atomic E-state index is 5.62. The van der Waals surface area contributed by atoms with Crippen molar-refractivity contribution in [2.24, 2.45) is 0 Å². The summed E-state index contributed by atoms with van der Waals surface area (Å²) in [6.07, 6.45) is 2.23. The van der Waals surface area contributed by atoms with Crippen molar-refractivity contribution in [1.82, 2.24) is 0 Å². The van der Waals surface area contributed by atoms with Crippen molar-refractivity contribution in [3.05, 3.63) is 29.8 Å². The molecule has 0 saturated heterocycles. The van der Waals surface area contributed by atoms with Gasteiger partial charge in [0.25, 0.3) is 0 Å². The van der Waals surface area contributed by atoms with Crippen LogP contribution in [-0.2, 0) is 11.3 Å². The molecule has 0 saturated carbocycles. The largest absolute Gasteiger partial charge is 0.494 e. The van der Waals surface area contributed by atoms with Gasteiger partial charge < -0.3 is 9.47 Å². The molecular formula is C12H17BrO2. The minimum absolute atomic E-state index is 0.638. The predicted octanol–water partition coefficient (Wildman–Crippen LogP) is 3.39. The van der Waals surface area contributed by atoms with Gasteiger partial charge in [-0.15, -0.1) is 0 Å². The van der Waals surface area contributed by atoms with Crippen LogP contribution in [0.2, 0.25) is 0 Å². The second-order valence-electron chi connectivity index (χ2n) is 3.32. The van der Waals surface area contributed by atoms with Crippen molar-refractivity contribution in [3.8, 4) is 5.75 Å². The van der Waals surface area contributed by atoms with Crippen LogP contribution in [0, 0.1) is 0 Å². The predicted molar refractivity (Wildman–Crippen MR) is 65.7 cm³/mol. The molecule has 0 radical (unpaired) electrons. The molecule has 0 amide bonds. The molecule has 3 heteroatoms. The smallest absolute Gasteiger partial charge is 0.119 e. The summed E-state index contributed by atoms with van der Waals surface area (Å²) in [6.45, 7) is 1.42. The zero-order valence-corrected chi connectivity index (χ0v) is 10.6. The summed E-state index contributed by atoms with van der Waals surface area (Å²) in [4.78, 5) is 0. The van der Waals surface area contributed by atoms with Gasteiger partial charge in [0.2, 0.25) is 0 Å². The van der Waals surface area contributed by atoms with E-state index in [1.807, 2.05) is 24.3 Å². The van der Waals surface area contributed by atoms with E-state index in [0.29, 0.717) is 6.61 Å². The zero-order chi connectivity index (χ0) is 10.9. The average Bonchev–Trinajstić information content (AvgIpc) is 2.26. The molecule has 0 N–H and O–H groups in total. The van der Waals surface area contributed by atoms with Gasteiger partial charge in [0, 0.05) is 12.4 Å². The monoisotopic (exact) mass is 272 g/mol. The Labute approximate surface area is 99.7 Å². The second kappa shape index (κ2) is 7.71. The molecule has 15 heavy (non-hydrogen) atoms. The van der Waals surface area contributed by atoms with Crippen molar-refractivity contribution in [3.63, 3.8) is 0 Å². The molecule has 0 aliphatic carbocycles. The van der Waals surface area contributed by atoms with E-state index in [1.165, 1.54) is 0 Å². The van der Waals surface area contributed by atoms with E-state index in [9.17, 15) is 0 Å². The molecule has 0 bridgehead atoms. The Morgan fingerprint density at radius 3 is 2.87 bits per heavy atom. The van der Waals surface area contributed by atoms with Gasteiger partial charge in [-0.05, 0) is 30.5 Å². The fraction of sp³-hybridized carbons (Fsp3) is 0.500. The molecule has 0 unspecified atom stereocenters. The first-order valence-corrected chi connectivity index (χ1v) is 6.25. The number of ether oxygens (including phenoxy) is 2. The van der Waals surface area contributed by atoms with Crippen LogP contribution in [0.25, 0.3) is 0 Å². The molecule has 1 aromatic carbocycles. The summed E-state index contributed by atoms with van der Waals surface area (Å²) >= 11 is 3.40. The van der Waals surface area contributed by atoms with Gasteiger partial charge in [-0.25, -0.2) is 0 Å². The van der Waals surface area contributed by atoms with Crippen LogP contribution in [-0.4, -0.2) is 19.0 Å². The SMILES string of the molecule is COCc1cccc(OCCCCBr)c1. The van der Waals surface area contributed by atoms with E-state index in [0.717, 1.165) is 36.1 Å². The minimum atomic E-state index is 0.638. The lowest BCUT2D eigenvalue weighted by atomic mass is 10.2. The lowest BCUT2D eigenvalue weighted by molar-refractivity contribution is 0.184. The summed E-state index contributed by atoms with van der Waals surface area (Å²) in [5.74, 6) is 0.930. The first-order valence-electron chi connectivity index (χ1n) is 5.13. The molecule has 0 aliphatic rings. The van der Waals surface area contributed by atoms with Crippen molar-refractivity contribution in [2.75, 3.05) is 19.0 Å². The van der Waals surface area contributed by atoms with Crippen molar-refractivity contribution in [2.45, 2.75) is 19.4 Å². The average molecular weight is 273 g/mol. The third kappa shape index (κ3) is 5.19. The van der Waals surface area contributed by atoms with Gasteiger partial charge in [0.05, 0.1) is 13.2 Å². The Hall–Kier alpha value is -0.540. The normalized spacial score (nSPS) is 10.3. The number of halogens is 1. The molecular weight excluding hydrogens is 256 g/mol. The molecule has 0 aliphatic heterocycles. The quantitative estimate of drug-likeness (QED) is 0.560. The molecule has 2 nitrogen and oxygen atoms in total. The molecule has 1 rings (SSSR count). The van der Waals surface area contributed by atoms with Gasteiger partial charge in [0.1, 0.15) is 5.75 Å². The van der Waals surface area contributed by atoms with Gasteiger partial charge >= 0.3 is 0 Å². The number of rotatable bonds is 7. The molecule has 0 fully saturated rings. The van der Waals surface area contributed by atoms with E-state index < -0.39 is 0 Å². The van der Waals surface area contributed by atoms with Crippen LogP contribution in [0.4, 0.5) is 0 Å². The molecule has 84 valence electrons. The molecule has 0 spiro atoms. The number of hydrogen-bond donors (Lipinski definition) is 0. The van der Waals surface area contributed by atoms with Crippen LogP contribution in [0.1, 0.15) is 18.4 Å². The van der Waals surface area contributed by atoms with E-state index >= 15 is 0 Å². The van der Waals surface area contributed by atoms with Crippen LogP contribution in [0.15, 0.2) is 24.3 Å². The third-order valence-corrected chi connectivity index (χ3v) is 2.57. The van der Waals surface area contributed by atoms with E-state index in [1.54, 1.807) is 7.11 Å². The highest BCUT2D eigenvalue weighted by Gasteiger charge is 1.96. The Morgan fingerprint density at radius 1 is 1.27 bits per heavy atom. The summed E-state index contributed by atoms with van der Waals surface area (Å²) in [7, 11) is 1.70. The van der Waals surface area contributed by atoms with Gasteiger partial charge in [-0.2, -0.15) is 0 Å². The van der Waals surface area contributed by atoms with Crippen LogP contribution in [0.5, 0.6) is 5.75 Å².